The lowest BCUT2D eigenvalue weighted by Gasteiger charge is -2.10. The zero-order chi connectivity index (χ0) is 17.5. The van der Waals surface area contributed by atoms with Gasteiger partial charge in [0.1, 0.15) is 4.21 Å². The molecule has 3 aromatic rings. The van der Waals surface area contributed by atoms with Crippen molar-refractivity contribution < 1.29 is 12.9 Å². The number of sulfonamides is 1. The van der Waals surface area contributed by atoms with Crippen LogP contribution >= 0.6 is 11.3 Å². The van der Waals surface area contributed by atoms with Crippen LogP contribution in [-0.2, 0) is 10.0 Å². The van der Waals surface area contributed by atoms with Gasteiger partial charge in [-0.25, -0.2) is 8.42 Å². The maximum atomic E-state index is 12.7. The fourth-order valence-electron chi connectivity index (χ4n) is 2.29. The second-order valence-corrected chi connectivity index (χ2v) is 8.69. The molecule has 0 aliphatic carbocycles. The van der Waals surface area contributed by atoms with Crippen molar-refractivity contribution in [2.45, 2.75) is 31.9 Å². The second-order valence-electron chi connectivity index (χ2n) is 5.69. The molecule has 0 amide bonds. The standard InChI is InChI=1S/C17H18N2O3S2/c1-10-6-5-7-14(11(10)2)19-24(20,21)16-9-8-15(23-16)17-12(3)13(4)18-22-17/h5-9,19H,1-4H3. The highest BCUT2D eigenvalue weighted by Gasteiger charge is 2.21. The number of hydrogen-bond acceptors (Lipinski definition) is 5. The molecule has 0 radical (unpaired) electrons. The third kappa shape index (κ3) is 2.97. The van der Waals surface area contributed by atoms with E-state index in [0.29, 0.717) is 11.4 Å². The van der Waals surface area contributed by atoms with Crippen molar-refractivity contribution in [3.63, 3.8) is 0 Å². The summed E-state index contributed by atoms with van der Waals surface area (Å²) in [5.41, 5.74) is 4.27. The Hall–Kier alpha value is -2.12. The van der Waals surface area contributed by atoms with E-state index in [-0.39, 0.29) is 4.21 Å². The third-order valence-electron chi connectivity index (χ3n) is 4.08. The van der Waals surface area contributed by atoms with Gasteiger partial charge in [0.15, 0.2) is 5.76 Å². The highest BCUT2D eigenvalue weighted by molar-refractivity contribution is 7.94. The second kappa shape index (κ2) is 6.07. The summed E-state index contributed by atoms with van der Waals surface area (Å²) in [5.74, 6) is 0.616. The summed E-state index contributed by atoms with van der Waals surface area (Å²) >= 11 is 1.17. The van der Waals surface area contributed by atoms with E-state index in [0.717, 1.165) is 27.3 Å². The van der Waals surface area contributed by atoms with E-state index in [9.17, 15) is 8.42 Å². The van der Waals surface area contributed by atoms with Crippen LogP contribution in [0.25, 0.3) is 10.6 Å². The summed E-state index contributed by atoms with van der Waals surface area (Å²) in [4.78, 5) is 0.745. The van der Waals surface area contributed by atoms with Gasteiger partial charge in [-0.05, 0) is 57.0 Å². The van der Waals surface area contributed by atoms with Gasteiger partial charge in [0.2, 0.25) is 0 Å². The molecule has 0 bridgehead atoms. The van der Waals surface area contributed by atoms with E-state index in [2.05, 4.69) is 9.88 Å². The van der Waals surface area contributed by atoms with Crippen LogP contribution in [0.2, 0.25) is 0 Å². The lowest BCUT2D eigenvalue weighted by atomic mass is 10.1. The van der Waals surface area contributed by atoms with Crippen LogP contribution in [0, 0.1) is 27.7 Å². The molecule has 3 rings (SSSR count). The number of aryl methyl sites for hydroxylation is 2. The molecule has 5 nitrogen and oxygen atoms in total. The minimum absolute atomic E-state index is 0.242. The molecule has 2 heterocycles. The van der Waals surface area contributed by atoms with Crippen LogP contribution < -0.4 is 4.72 Å². The van der Waals surface area contributed by atoms with Gasteiger partial charge in [-0.2, -0.15) is 0 Å². The van der Waals surface area contributed by atoms with E-state index in [1.165, 1.54) is 11.3 Å². The van der Waals surface area contributed by atoms with Crippen LogP contribution in [0.5, 0.6) is 0 Å². The predicted molar refractivity (Wildman–Crippen MR) is 96.0 cm³/mol. The summed E-state index contributed by atoms with van der Waals surface area (Å²) in [6.07, 6.45) is 0. The van der Waals surface area contributed by atoms with Crippen LogP contribution in [0.4, 0.5) is 5.69 Å². The Balaban J connectivity index is 1.94. The first kappa shape index (κ1) is 16.7. The lowest BCUT2D eigenvalue weighted by Crippen LogP contribution is -2.12. The Bertz CT molecular complexity index is 1000. The van der Waals surface area contributed by atoms with Crippen molar-refractivity contribution in [3.8, 4) is 10.6 Å². The molecule has 24 heavy (non-hydrogen) atoms. The number of nitrogens with one attached hydrogen (secondary N) is 1. The Morgan fingerprint density at radius 2 is 1.79 bits per heavy atom. The molecule has 0 fully saturated rings. The number of benzene rings is 1. The Labute approximate surface area is 145 Å². The number of hydrogen-bond donors (Lipinski definition) is 1. The maximum absolute atomic E-state index is 12.7. The Morgan fingerprint density at radius 3 is 2.46 bits per heavy atom. The maximum Gasteiger partial charge on any atom is 0.271 e. The number of thiophene rings is 1. The number of aromatic nitrogens is 1. The molecule has 0 spiro atoms. The van der Waals surface area contributed by atoms with Crippen molar-refractivity contribution in [2.24, 2.45) is 0 Å². The highest BCUT2D eigenvalue weighted by atomic mass is 32.2. The third-order valence-corrected chi connectivity index (χ3v) is 7.02. The van der Waals surface area contributed by atoms with Gasteiger partial charge in [-0.3, -0.25) is 4.72 Å². The van der Waals surface area contributed by atoms with Crippen molar-refractivity contribution in [1.29, 1.82) is 0 Å². The molecule has 0 unspecified atom stereocenters. The van der Waals surface area contributed by atoms with Crippen molar-refractivity contribution >= 4 is 27.0 Å². The van der Waals surface area contributed by atoms with Crippen molar-refractivity contribution in [2.75, 3.05) is 4.72 Å². The zero-order valence-corrected chi connectivity index (χ0v) is 15.5. The molecular formula is C17H18N2O3S2. The molecule has 0 atom stereocenters. The quantitative estimate of drug-likeness (QED) is 0.745. The molecule has 126 valence electrons. The van der Waals surface area contributed by atoms with Crippen LogP contribution in [0.1, 0.15) is 22.4 Å². The fourth-order valence-corrected chi connectivity index (χ4v) is 4.75. The summed E-state index contributed by atoms with van der Waals surface area (Å²) in [7, 11) is -3.64. The van der Waals surface area contributed by atoms with Gasteiger partial charge < -0.3 is 4.52 Å². The van der Waals surface area contributed by atoms with E-state index in [1.807, 2.05) is 39.8 Å². The van der Waals surface area contributed by atoms with Gasteiger partial charge in [0, 0.05) is 5.56 Å². The number of nitrogens with zero attached hydrogens (tertiary/aromatic N) is 1. The molecule has 2 aromatic heterocycles. The van der Waals surface area contributed by atoms with Crippen LogP contribution in [0.3, 0.4) is 0 Å². The highest BCUT2D eigenvalue weighted by Crippen LogP contribution is 2.34. The minimum atomic E-state index is -3.64. The average Bonchev–Trinajstić information content (AvgIpc) is 3.13. The predicted octanol–water partition coefficient (Wildman–Crippen LogP) is 4.44. The average molecular weight is 362 g/mol. The summed E-state index contributed by atoms with van der Waals surface area (Å²) in [5, 5.41) is 3.92. The van der Waals surface area contributed by atoms with E-state index >= 15 is 0 Å². The normalized spacial score (nSPS) is 11.7. The van der Waals surface area contributed by atoms with Gasteiger partial charge in [-0.1, -0.05) is 17.3 Å². The molecule has 7 heteroatoms. The first-order chi connectivity index (χ1) is 11.3. The smallest absolute Gasteiger partial charge is 0.271 e. The topological polar surface area (TPSA) is 72.2 Å². The molecule has 1 N–H and O–H groups in total. The number of anilines is 1. The summed E-state index contributed by atoms with van der Waals surface area (Å²) < 4.78 is 33.5. The van der Waals surface area contributed by atoms with E-state index in [4.69, 9.17) is 4.52 Å². The summed E-state index contributed by atoms with van der Waals surface area (Å²) in [6, 6.07) is 8.88. The van der Waals surface area contributed by atoms with Crippen molar-refractivity contribution in [3.05, 3.63) is 52.7 Å². The van der Waals surface area contributed by atoms with Crippen LogP contribution in [0.15, 0.2) is 39.1 Å². The molecular weight excluding hydrogens is 344 g/mol. The largest absolute Gasteiger partial charge is 0.355 e. The monoisotopic (exact) mass is 362 g/mol. The van der Waals surface area contributed by atoms with E-state index < -0.39 is 10.0 Å². The SMILES string of the molecule is Cc1cccc(NS(=O)(=O)c2ccc(-c3onc(C)c3C)s2)c1C. The molecule has 0 aliphatic rings. The molecule has 0 saturated carbocycles. The minimum Gasteiger partial charge on any atom is -0.355 e. The fraction of sp³-hybridized carbons (Fsp3) is 0.235. The molecule has 0 aliphatic heterocycles. The van der Waals surface area contributed by atoms with E-state index in [1.54, 1.807) is 18.2 Å². The number of rotatable bonds is 4. The van der Waals surface area contributed by atoms with Gasteiger partial charge in [-0.15, -0.1) is 11.3 Å². The first-order valence-electron chi connectivity index (χ1n) is 7.41. The molecule has 0 saturated heterocycles. The molecule has 1 aromatic carbocycles. The van der Waals surface area contributed by atoms with Crippen molar-refractivity contribution in [1.82, 2.24) is 5.16 Å². The zero-order valence-electron chi connectivity index (χ0n) is 13.9. The van der Waals surface area contributed by atoms with Crippen LogP contribution in [-0.4, -0.2) is 13.6 Å². The lowest BCUT2D eigenvalue weighted by molar-refractivity contribution is 0.427. The van der Waals surface area contributed by atoms with Gasteiger partial charge in [0.25, 0.3) is 10.0 Å². The summed E-state index contributed by atoms with van der Waals surface area (Å²) in [6.45, 7) is 7.61. The van der Waals surface area contributed by atoms with Gasteiger partial charge in [0.05, 0.1) is 16.3 Å². The van der Waals surface area contributed by atoms with Gasteiger partial charge >= 0.3 is 0 Å². The first-order valence-corrected chi connectivity index (χ1v) is 9.71. The Morgan fingerprint density at radius 1 is 1.04 bits per heavy atom. The Kier molecular flexibility index (Phi) is 4.23.